The zero-order valence-electron chi connectivity index (χ0n) is 11.5. The van der Waals surface area contributed by atoms with Gasteiger partial charge in [-0.05, 0) is 50.9 Å². The summed E-state index contributed by atoms with van der Waals surface area (Å²) in [6.07, 6.45) is 3.03. The lowest BCUT2D eigenvalue weighted by molar-refractivity contribution is 0.146. The Bertz CT molecular complexity index is 413. The first kappa shape index (κ1) is 13.4. The number of aliphatic hydroxyl groups excluding tert-OH is 1. The van der Waals surface area contributed by atoms with Gasteiger partial charge in [0.15, 0.2) is 0 Å². The highest BCUT2D eigenvalue weighted by Gasteiger charge is 2.38. The molecule has 100 valence electrons. The largest absolute Gasteiger partial charge is 0.490 e. The van der Waals surface area contributed by atoms with Crippen molar-refractivity contribution in [2.24, 2.45) is 0 Å². The molecule has 3 nitrogen and oxygen atoms in total. The van der Waals surface area contributed by atoms with Crippen LogP contribution >= 0.6 is 0 Å². The lowest BCUT2D eigenvalue weighted by Crippen LogP contribution is -2.44. The highest BCUT2D eigenvalue weighted by atomic mass is 16.5. The minimum Gasteiger partial charge on any atom is -0.490 e. The first-order chi connectivity index (χ1) is 8.58. The maximum atomic E-state index is 9.48. The number of nitrogens with one attached hydrogen (secondary N) is 1. The molecule has 18 heavy (non-hydrogen) atoms. The van der Waals surface area contributed by atoms with Crippen molar-refractivity contribution in [1.29, 1.82) is 0 Å². The molecule has 0 amide bonds. The average molecular weight is 249 g/mol. The number of aryl methyl sites for hydroxylation is 2. The molecule has 0 saturated heterocycles. The summed E-state index contributed by atoms with van der Waals surface area (Å²) >= 11 is 0. The summed E-state index contributed by atoms with van der Waals surface area (Å²) in [7, 11) is 1.91. The van der Waals surface area contributed by atoms with Gasteiger partial charge >= 0.3 is 0 Å². The fourth-order valence-corrected chi connectivity index (χ4v) is 2.64. The van der Waals surface area contributed by atoms with Gasteiger partial charge in [-0.2, -0.15) is 0 Å². The monoisotopic (exact) mass is 249 g/mol. The fraction of sp³-hybridized carbons (Fsp3) is 0.600. The van der Waals surface area contributed by atoms with E-state index in [9.17, 15) is 5.11 Å². The van der Waals surface area contributed by atoms with Gasteiger partial charge in [-0.15, -0.1) is 0 Å². The Labute approximate surface area is 109 Å². The first-order valence-corrected chi connectivity index (χ1v) is 6.62. The molecule has 2 unspecified atom stereocenters. The maximum Gasteiger partial charge on any atom is 0.122 e. The second-order valence-corrected chi connectivity index (χ2v) is 5.44. The van der Waals surface area contributed by atoms with Gasteiger partial charge in [-0.1, -0.05) is 12.1 Å². The molecule has 3 heteroatoms. The molecule has 1 fully saturated rings. The molecule has 0 aliphatic heterocycles. The summed E-state index contributed by atoms with van der Waals surface area (Å²) in [5.41, 5.74) is 2.24. The zero-order chi connectivity index (χ0) is 13.2. The Morgan fingerprint density at radius 1 is 1.44 bits per heavy atom. The summed E-state index contributed by atoms with van der Waals surface area (Å²) in [5, 5.41) is 12.7. The van der Waals surface area contributed by atoms with Gasteiger partial charge in [0.2, 0.25) is 0 Å². The highest BCUT2D eigenvalue weighted by Crippen LogP contribution is 2.33. The van der Waals surface area contributed by atoms with E-state index in [2.05, 4.69) is 37.4 Å². The van der Waals surface area contributed by atoms with Crippen molar-refractivity contribution in [3.8, 4) is 5.75 Å². The van der Waals surface area contributed by atoms with Crippen molar-refractivity contribution in [1.82, 2.24) is 5.32 Å². The second-order valence-electron chi connectivity index (χ2n) is 5.44. The quantitative estimate of drug-likeness (QED) is 0.859. The van der Waals surface area contributed by atoms with E-state index in [-0.39, 0.29) is 18.2 Å². The van der Waals surface area contributed by atoms with Gasteiger partial charge in [-0.3, -0.25) is 0 Å². The number of likely N-dealkylation sites (N-methyl/N-ethyl adjacent to an activating group) is 1. The van der Waals surface area contributed by atoms with E-state index >= 15 is 0 Å². The van der Waals surface area contributed by atoms with Crippen LogP contribution in [0.2, 0.25) is 0 Å². The van der Waals surface area contributed by atoms with Gasteiger partial charge < -0.3 is 15.2 Å². The van der Waals surface area contributed by atoms with E-state index in [4.69, 9.17) is 4.74 Å². The van der Waals surface area contributed by atoms with Crippen LogP contribution in [0.1, 0.15) is 30.4 Å². The van der Waals surface area contributed by atoms with Gasteiger partial charge in [0, 0.05) is 12.0 Å². The highest BCUT2D eigenvalue weighted by molar-refractivity contribution is 5.36. The van der Waals surface area contributed by atoms with E-state index in [0.717, 1.165) is 25.0 Å². The number of benzene rings is 1. The lowest BCUT2D eigenvalue weighted by Gasteiger charge is -2.26. The van der Waals surface area contributed by atoms with Crippen molar-refractivity contribution in [2.45, 2.75) is 44.8 Å². The van der Waals surface area contributed by atoms with Crippen LogP contribution in [0.4, 0.5) is 0 Å². The molecule has 0 bridgehead atoms. The number of ether oxygens (including phenoxy) is 1. The fourth-order valence-electron chi connectivity index (χ4n) is 2.64. The Morgan fingerprint density at radius 2 is 2.22 bits per heavy atom. The summed E-state index contributed by atoms with van der Waals surface area (Å²) in [5.74, 6) is 0.977. The molecule has 0 heterocycles. The SMILES string of the molecule is CNC1(CO)CCC(Oc2cc(C)ccc2C)C1. The van der Waals surface area contributed by atoms with Crippen LogP contribution in [0, 0.1) is 13.8 Å². The van der Waals surface area contributed by atoms with Crippen LogP contribution in [0.5, 0.6) is 5.75 Å². The third kappa shape index (κ3) is 2.68. The Hall–Kier alpha value is -1.06. The minimum absolute atomic E-state index is 0.150. The third-order valence-electron chi connectivity index (χ3n) is 4.03. The normalized spacial score (nSPS) is 27.4. The van der Waals surface area contributed by atoms with Crippen LogP contribution in [0.25, 0.3) is 0 Å². The van der Waals surface area contributed by atoms with Gasteiger partial charge in [0.05, 0.1) is 6.61 Å². The number of hydrogen-bond acceptors (Lipinski definition) is 3. The molecule has 1 saturated carbocycles. The Balaban J connectivity index is 2.05. The summed E-state index contributed by atoms with van der Waals surface area (Å²) < 4.78 is 6.09. The lowest BCUT2D eigenvalue weighted by atomic mass is 9.99. The van der Waals surface area contributed by atoms with Crippen LogP contribution in [0.3, 0.4) is 0 Å². The Morgan fingerprint density at radius 3 is 2.83 bits per heavy atom. The van der Waals surface area contributed by atoms with Crippen LogP contribution < -0.4 is 10.1 Å². The molecule has 1 aliphatic rings. The molecule has 2 atom stereocenters. The van der Waals surface area contributed by atoms with Crippen LogP contribution in [0.15, 0.2) is 18.2 Å². The second kappa shape index (κ2) is 5.29. The molecule has 2 rings (SSSR count). The third-order valence-corrected chi connectivity index (χ3v) is 4.03. The molecule has 1 aromatic rings. The van der Waals surface area contributed by atoms with Crippen molar-refractivity contribution in [3.63, 3.8) is 0 Å². The van der Waals surface area contributed by atoms with Crippen molar-refractivity contribution in [3.05, 3.63) is 29.3 Å². The minimum atomic E-state index is -0.150. The molecular weight excluding hydrogens is 226 g/mol. The van der Waals surface area contributed by atoms with Crippen LogP contribution in [-0.2, 0) is 0 Å². The number of aliphatic hydroxyl groups is 1. The Kier molecular flexibility index (Phi) is 3.93. The van der Waals surface area contributed by atoms with Crippen molar-refractivity contribution >= 4 is 0 Å². The first-order valence-electron chi connectivity index (χ1n) is 6.62. The van der Waals surface area contributed by atoms with E-state index in [1.54, 1.807) is 0 Å². The van der Waals surface area contributed by atoms with Gasteiger partial charge in [0.25, 0.3) is 0 Å². The number of hydrogen-bond donors (Lipinski definition) is 2. The molecular formula is C15H23NO2. The van der Waals surface area contributed by atoms with Crippen molar-refractivity contribution in [2.75, 3.05) is 13.7 Å². The zero-order valence-corrected chi connectivity index (χ0v) is 11.5. The summed E-state index contributed by atoms with van der Waals surface area (Å²) in [6.45, 7) is 4.32. The molecule has 1 aliphatic carbocycles. The number of rotatable bonds is 4. The van der Waals surface area contributed by atoms with E-state index in [1.165, 1.54) is 11.1 Å². The summed E-state index contributed by atoms with van der Waals surface area (Å²) in [6, 6.07) is 6.28. The van der Waals surface area contributed by atoms with Crippen molar-refractivity contribution < 1.29 is 9.84 Å². The smallest absolute Gasteiger partial charge is 0.122 e. The standard InChI is InChI=1S/C15H23NO2/c1-11-4-5-12(2)14(8-11)18-13-6-7-15(9-13,10-17)16-3/h4-5,8,13,16-17H,6-7,9-10H2,1-3H3. The predicted octanol–water partition coefficient (Wildman–Crippen LogP) is 2.19. The van der Waals surface area contributed by atoms with E-state index < -0.39 is 0 Å². The average Bonchev–Trinajstić information content (AvgIpc) is 2.78. The topological polar surface area (TPSA) is 41.5 Å². The van der Waals surface area contributed by atoms with E-state index in [0.29, 0.717) is 0 Å². The van der Waals surface area contributed by atoms with E-state index in [1.807, 2.05) is 7.05 Å². The molecule has 2 N–H and O–H groups in total. The molecule has 1 aromatic carbocycles. The van der Waals surface area contributed by atoms with Gasteiger partial charge in [-0.25, -0.2) is 0 Å². The summed E-state index contributed by atoms with van der Waals surface area (Å²) in [4.78, 5) is 0. The molecule has 0 spiro atoms. The molecule has 0 radical (unpaired) electrons. The molecule has 0 aromatic heterocycles. The van der Waals surface area contributed by atoms with Gasteiger partial charge in [0.1, 0.15) is 11.9 Å². The maximum absolute atomic E-state index is 9.48. The van der Waals surface area contributed by atoms with Crippen LogP contribution in [-0.4, -0.2) is 30.4 Å². The predicted molar refractivity (Wildman–Crippen MR) is 73.1 cm³/mol.